The molecule has 1 N–H and O–H groups in total. The van der Waals surface area contributed by atoms with E-state index >= 15 is 0 Å². The lowest BCUT2D eigenvalue weighted by Crippen LogP contribution is -2.30. The minimum absolute atomic E-state index is 0.289. The Morgan fingerprint density at radius 3 is 2.60 bits per heavy atom. The molecule has 0 aliphatic rings. The van der Waals surface area contributed by atoms with Crippen LogP contribution in [0.1, 0.15) is 32.8 Å². The highest BCUT2D eigenvalue weighted by Crippen LogP contribution is 2.25. The molecule has 1 aromatic rings. The number of halogens is 1. The van der Waals surface area contributed by atoms with Crippen molar-refractivity contribution in [1.82, 2.24) is 0 Å². The van der Waals surface area contributed by atoms with Crippen molar-refractivity contribution < 1.29 is 14.3 Å². The van der Waals surface area contributed by atoms with Crippen LogP contribution >= 0.6 is 0 Å². The van der Waals surface area contributed by atoms with E-state index in [1.807, 2.05) is 7.05 Å². The Hall–Kier alpha value is -1.84. The minimum atomic E-state index is -1.04. The third kappa shape index (κ3) is 4.68. The maximum atomic E-state index is 13.3. The first-order valence-electron chi connectivity index (χ1n) is 6.74. The van der Waals surface area contributed by atoms with Gasteiger partial charge >= 0.3 is 5.97 Å². The van der Waals surface area contributed by atoms with E-state index in [1.54, 1.807) is 6.07 Å². The summed E-state index contributed by atoms with van der Waals surface area (Å²) in [6, 6.07) is 4.73. The number of carboxylic acids is 1. The Morgan fingerprint density at radius 1 is 1.40 bits per heavy atom. The van der Waals surface area contributed by atoms with Crippen LogP contribution in [0.4, 0.5) is 10.1 Å². The number of hydrogen-bond acceptors (Lipinski definition) is 2. The minimum Gasteiger partial charge on any atom is -0.478 e. The van der Waals surface area contributed by atoms with Crippen molar-refractivity contribution in [1.29, 1.82) is 0 Å². The van der Waals surface area contributed by atoms with Crippen LogP contribution in [0, 0.1) is 11.7 Å². The predicted octanol–water partition coefficient (Wildman–Crippen LogP) is 3.79. The molecule has 110 valence electrons. The molecule has 0 saturated heterocycles. The quantitative estimate of drug-likeness (QED) is 0.805. The lowest BCUT2D eigenvalue weighted by Gasteiger charge is -2.29. The van der Waals surface area contributed by atoms with Gasteiger partial charge < -0.3 is 10.0 Å². The smallest absolute Gasteiger partial charge is 0.328 e. The van der Waals surface area contributed by atoms with Gasteiger partial charge in [-0.2, -0.15) is 0 Å². The topological polar surface area (TPSA) is 40.5 Å². The van der Waals surface area contributed by atoms with Crippen molar-refractivity contribution in [2.75, 3.05) is 11.9 Å². The van der Waals surface area contributed by atoms with Gasteiger partial charge in [0.2, 0.25) is 0 Å². The monoisotopic (exact) mass is 279 g/mol. The number of aliphatic carboxylic acids is 1. The number of carbonyl (C=O) groups is 1. The fourth-order valence-electron chi connectivity index (χ4n) is 2.22. The predicted molar refractivity (Wildman–Crippen MR) is 80.4 cm³/mol. The molecule has 0 spiro atoms. The van der Waals surface area contributed by atoms with Gasteiger partial charge in [-0.15, -0.1) is 0 Å². The maximum absolute atomic E-state index is 13.3. The first-order chi connectivity index (χ1) is 9.31. The Balaban J connectivity index is 3.07. The molecule has 0 aromatic heterocycles. The summed E-state index contributed by atoms with van der Waals surface area (Å²) in [5.41, 5.74) is 1.41. The molecular formula is C16H22FNO2. The number of anilines is 1. The summed E-state index contributed by atoms with van der Waals surface area (Å²) < 4.78 is 13.3. The van der Waals surface area contributed by atoms with Crippen LogP contribution in [-0.2, 0) is 4.79 Å². The lowest BCUT2D eigenvalue weighted by atomic mass is 10.0. The summed E-state index contributed by atoms with van der Waals surface area (Å²) in [7, 11) is 1.94. The van der Waals surface area contributed by atoms with E-state index in [-0.39, 0.29) is 11.9 Å². The molecule has 0 radical (unpaired) electrons. The van der Waals surface area contributed by atoms with Crippen molar-refractivity contribution in [3.63, 3.8) is 0 Å². The van der Waals surface area contributed by atoms with Crippen LogP contribution < -0.4 is 4.90 Å². The number of hydrogen-bond donors (Lipinski definition) is 1. The second kappa shape index (κ2) is 7.08. The zero-order chi connectivity index (χ0) is 15.3. The molecule has 0 bridgehead atoms. The van der Waals surface area contributed by atoms with Crippen LogP contribution in [0.25, 0.3) is 6.08 Å². The highest BCUT2D eigenvalue weighted by atomic mass is 19.1. The molecule has 20 heavy (non-hydrogen) atoms. The molecule has 4 heteroatoms. The van der Waals surface area contributed by atoms with Crippen molar-refractivity contribution >= 4 is 17.7 Å². The second-order valence-corrected chi connectivity index (χ2v) is 5.46. The summed E-state index contributed by atoms with van der Waals surface area (Å²) in [6.07, 6.45) is 3.47. The van der Waals surface area contributed by atoms with Gasteiger partial charge in [0, 0.05) is 30.4 Å². The van der Waals surface area contributed by atoms with E-state index < -0.39 is 5.97 Å². The Labute approximate surface area is 119 Å². The molecule has 0 fully saturated rings. The van der Waals surface area contributed by atoms with Crippen LogP contribution in [0.3, 0.4) is 0 Å². The molecule has 0 amide bonds. The maximum Gasteiger partial charge on any atom is 0.328 e. The normalized spacial score (nSPS) is 12.9. The van der Waals surface area contributed by atoms with Gasteiger partial charge in [0.05, 0.1) is 0 Å². The summed E-state index contributed by atoms with van der Waals surface area (Å²) >= 11 is 0. The lowest BCUT2D eigenvalue weighted by molar-refractivity contribution is -0.131. The molecule has 1 rings (SSSR count). The summed E-state index contributed by atoms with van der Waals surface area (Å²) in [5, 5.41) is 8.71. The average molecular weight is 279 g/mol. The van der Waals surface area contributed by atoms with Crippen LogP contribution in [0.2, 0.25) is 0 Å². The summed E-state index contributed by atoms with van der Waals surface area (Å²) in [6.45, 7) is 6.41. The van der Waals surface area contributed by atoms with E-state index in [2.05, 4.69) is 25.7 Å². The zero-order valence-corrected chi connectivity index (χ0v) is 12.4. The SMILES string of the molecule is CC(C)CC(C)N(C)c1ccc(F)cc1C=CC(=O)O. The molecule has 0 aliphatic carbocycles. The van der Waals surface area contributed by atoms with Gasteiger partial charge in [-0.25, -0.2) is 9.18 Å². The number of rotatable bonds is 6. The van der Waals surface area contributed by atoms with E-state index in [0.717, 1.165) is 18.2 Å². The van der Waals surface area contributed by atoms with Crippen molar-refractivity contribution in [2.24, 2.45) is 5.92 Å². The van der Waals surface area contributed by atoms with Gasteiger partial charge in [0.15, 0.2) is 0 Å². The van der Waals surface area contributed by atoms with Crippen LogP contribution in [0.15, 0.2) is 24.3 Å². The Bertz CT molecular complexity index is 497. The molecule has 3 nitrogen and oxygen atoms in total. The highest BCUT2D eigenvalue weighted by Gasteiger charge is 2.14. The average Bonchev–Trinajstić information content (AvgIpc) is 2.34. The van der Waals surface area contributed by atoms with Gasteiger partial charge in [-0.05, 0) is 43.5 Å². The van der Waals surface area contributed by atoms with Crippen molar-refractivity contribution in [2.45, 2.75) is 33.2 Å². The molecular weight excluding hydrogens is 257 g/mol. The van der Waals surface area contributed by atoms with E-state index in [9.17, 15) is 9.18 Å². The van der Waals surface area contributed by atoms with Crippen LogP contribution in [-0.4, -0.2) is 24.2 Å². The standard InChI is InChI=1S/C16H22FNO2/c1-11(2)9-12(3)18(4)15-7-6-14(17)10-13(15)5-8-16(19)20/h5-8,10-12H,9H2,1-4H3,(H,19,20). The zero-order valence-electron chi connectivity index (χ0n) is 12.4. The van der Waals surface area contributed by atoms with E-state index in [4.69, 9.17) is 5.11 Å². The van der Waals surface area contributed by atoms with Crippen molar-refractivity contribution in [3.05, 3.63) is 35.7 Å². The number of carboxylic acid groups (broad SMARTS) is 1. The van der Waals surface area contributed by atoms with Gasteiger partial charge in [-0.1, -0.05) is 13.8 Å². The molecule has 0 saturated carbocycles. The summed E-state index contributed by atoms with van der Waals surface area (Å²) in [5.74, 6) is -0.854. The Kier molecular flexibility index (Phi) is 5.74. The Morgan fingerprint density at radius 2 is 2.05 bits per heavy atom. The van der Waals surface area contributed by atoms with Crippen molar-refractivity contribution in [3.8, 4) is 0 Å². The number of nitrogens with zero attached hydrogens (tertiary/aromatic N) is 1. The fraction of sp³-hybridized carbons (Fsp3) is 0.438. The first-order valence-corrected chi connectivity index (χ1v) is 6.74. The van der Waals surface area contributed by atoms with Gasteiger partial charge in [-0.3, -0.25) is 0 Å². The molecule has 1 unspecified atom stereocenters. The third-order valence-electron chi connectivity index (χ3n) is 3.25. The largest absolute Gasteiger partial charge is 0.478 e. The van der Waals surface area contributed by atoms with Gasteiger partial charge in [0.25, 0.3) is 0 Å². The van der Waals surface area contributed by atoms with Crippen LogP contribution in [0.5, 0.6) is 0 Å². The summed E-state index contributed by atoms with van der Waals surface area (Å²) in [4.78, 5) is 12.7. The first kappa shape index (κ1) is 16.2. The molecule has 0 aliphatic heterocycles. The van der Waals surface area contributed by atoms with E-state index in [1.165, 1.54) is 18.2 Å². The van der Waals surface area contributed by atoms with Gasteiger partial charge in [0.1, 0.15) is 5.82 Å². The highest BCUT2D eigenvalue weighted by molar-refractivity contribution is 5.87. The fourth-order valence-corrected chi connectivity index (χ4v) is 2.22. The molecule has 0 heterocycles. The third-order valence-corrected chi connectivity index (χ3v) is 3.25. The molecule has 1 atom stereocenters. The van der Waals surface area contributed by atoms with E-state index in [0.29, 0.717) is 11.5 Å². The second-order valence-electron chi connectivity index (χ2n) is 5.46. The number of benzene rings is 1. The molecule has 1 aromatic carbocycles.